The molecule has 1 aliphatic heterocycles. The second kappa shape index (κ2) is 5.88. The van der Waals surface area contributed by atoms with Crippen molar-refractivity contribution >= 4 is 33.8 Å². The molecule has 0 bridgehead atoms. The van der Waals surface area contributed by atoms with Gasteiger partial charge in [-0.3, -0.25) is 14.9 Å². The van der Waals surface area contributed by atoms with Crippen molar-refractivity contribution in [3.63, 3.8) is 0 Å². The summed E-state index contributed by atoms with van der Waals surface area (Å²) in [6, 6.07) is 2.91. The molecule has 1 amide bonds. The number of hydrogen-bond donors (Lipinski definition) is 0. The predicted octanol–water partition coefficient (Wildman–Crippen LogP) is 3.14. The Labute approximate surface area is 120 Å². The Bertz CT molecular complexity index is 481. The maximum atomic E-state index is 12.2. The summed E-state index contributed by atoms with van der Waals surface area (Å²) in [5.74, 6) is 0.335. The summed E-state index contributed by atoms with van der Waals surface area (Å²) in [5, 5.41) is 10.7. The number of halogens is 1. The molecule has 1 aliphatic rings. The second-order valence-corrected chi connectivity index (χ2v) is 6.45. The molecule has 2 heterocycles. The SMILES string of the molecule is CC(Cl)C1CCN(C(=O)c2ccc([N+](=O)[O-])s2)CC1. The zero-order valence-electron chi connectivity index (χ0n) is 10.5. The van der Waals surface area contributed by atoms with Crippen molar-refractivity contribution in [3.05, 3.63) is 27.1 Å². The molecule has 0 aromatic carbocycles. The maximum absolute atomic E-state index is 12.2. The monoisotopic (exact) mass is 302 g/mol. The Kier molecular flexibility index (Phi) is 4.42. The van der Waals surface area contributed by atoms with E-state index >= 15 is 0 Å². The van der Waals surface area contributed by atoms with Gasteiger partial charge in [0.2, 0.25) is 0 Å². The van der Waals surface area contributed by atoms with E-state index in [9.17, 15) is 14.9 Å². The molecule has 1 fully saturated rings. The van der Waals surface area contributed by atoms with Gasteiger partial charge < -0.3 is 4.90 Å². The van der Waals surface area contributed by atoms with E-state index in [1.807, 2.05) is 6.92 Å². The molecular formula is C12H15ClN2O3S. The molecule has 1 aromatic heterocycles. The van der Waals surface area contributed by atoms with Gasteiger partial charge in [0.25, 0.3) is 5.91 Å². The Morgan fingerprint density at radius 2 is 2.16 bits per heavy atom. The van der Waals surface area contributed by atoms with Gasteiger partial charge in [0.1, 0.15) is 0 Å². The van der Waals surface area contributed by atoms with E-state index in [-0.39, 0.29) is 16.3 Å². The number of piperidine rings is 1. The first kappa shape index (κ1) is 14.3. The van der Waals surface area contributed by atoms with Crippen molar-refractivity contribution in [3.8, 4) is 0 Å². The fourth-order valence-electron chi connectivity index (χ4n) is 2.26. The highest BCUT2D eigenvalue weighted by Gasteiger charge is 2.27. The number of thiophene rings is 1. The Morgan fingerprint density at radius 1 is 1.53 bits per heavy atom. The molecule has 0 saturated carbocycles. The standard InChI is InChI=1S/C12H15ClN2O3S/c1-8(13)9-4-6-14(7-5-9)12(16)10-2-3-11(19-10)15(17)18/h2-3,8-9H,4-7H2,1H3. The molecule has 19 heavy (non-hydrogen) atoms. The topological polar surface area (TPSA) is 63.5 Å². The summed E-state index contributed by atoms with van der Waals surface area (Å²) < 4.78 is 0. The normalized spacial score (nSPS) is 18.3. The molecule has 0 aliphatic carbocycles. The highest BCUT2D eigenvalue weighted by Crippen LogP contribution is 2.28. The lowest BCUT2D eigenvalue weighted by atomic mass is 9.94. The number of nitro groups is 1. The zero-order valence-corrected chi connectivity index (χ0v) is 12.1. The first-order valence-electron chi connectivity index (χ1n) is 6.16. The number of carbonyl (C=O) groups excluding carboxylic acids is 1. The number of nitrogens with zero attached hydrogens (tertiary/aromatic N) is 2. The minimum atomic E-state index is -0.469. The first-order chi connectivity index (χ1) is 8.99. The van der Waals surface area contributed by atoms with Crippen molar-refractivity contribution in [1.82, 2.24) is 4.90 Å². The average molecular weight is 303 g/mol. The van der Waals surface area contributed by atoms with Crippen molar-refractivity contribution in [2.45, 2.75) is 25.1 Å². The molecule has 1 atom stereocenters. The molecule has 0 spiro atoms. The molecule has 0 N–H and O–H groups in total. The molecule has 2 rings (SSSR count). The molecule has 104 valence electrons. The van der Waals surface area contributed by atoms with Crippen LogP contribution in [0.15, 0.2) is 12.1 Å². The quantitative estimate of drug-likeness (QED) is 0.489. The number of carbonyl (C=O) groups is 1. The van der Waals surface area contributed by atoms with Crippen molar-refractivity contribution in [2.75, 3.05) is 13.1 Å². The Balaban J connectivity index is 1.99. The average Bonchev–Trinajstić information content (AvgIpc) is 2.87. The molecule has 1 unspecified atom stereocenters. The van der Waals surface area contributed by atoms with Gasteiger partial charge >= 0.3 is 5.00 Å². The lowest BCUT2D eigenvalue weighted by Crippen LogP contribution is -2.39. The summed E-state index contributed by atoms with van der Waals surface area (Å²) in [7, 11) is 0. The van der Waals surface area contributed by atoms with Crippen LogP contribution in [0.2, 0.25) is 0 Å². The highest BCUT2D eigenvalue weighted by atomic mass is 35.5. The largest absolute Gasteiger partial charge is 0.338 e. The van der Waals surface area contributed by atoms with Crippen LogP contribution in [0.4, 0.5) is 5.00 Å². The third-order valence-electron chi connectivity index (χ3n) is 3.46. The summed E-state index contributed by atoms with van der Waals surface area (Å²) in [5.41, 5.74) is 0. The molecular weight excluding hydrogens is 288 g/mol. The lowest BCUT2D eigenvalue weighted by molar-refractivity contribution is -0.380. The Morgan fingerprint density at radius 3 is 2.63 bits per heavy atom. The van der Waals surface area contributed by atoms with Gasteiger partial charge in [-0.2, -0.15) is 0 Å². The first-order valence-corrected chi connectivity index (χ1v) is 7.42. The number of likely N-dealkylation sites (tertiary alicyclic amines) is 1. The van der Waals surface area contributed by atoms with Crippen LogP contribution in [-0.2, 0) is 0 Å². The van der Waals surface area contributed by atoms with Crippen molar-refractivity contribution < 1.29 is 9.72 Å². The van der Waals surface area contributed by atoms with E-state index in [1.54, 1.807) is 4.90 Å². The van der Waals surface area contributed by atoms with Crippen LogP contribution in [0.3, 0.4) is 0 Å². The third-order valence-corrected chi connectivity index (χ3v) is 4.84. The van der Waals surface area contributed by atoms with Crippen LogP contribution in [0.25, 0.3) is 0 Å². The minimum absolute atomic E-state index is 0.00705. The maximum Gasteiger partial charge on any atom is 0.324 e. The highest BCUT2D eigenvalue weighted by molar-refractivity contribution is 7.17. The molecule has 1 saturated heterocycles. The second-order valence-electron chi connectivity index (χ2n) is 4.70. The summed E-state index contributed by atoms with van der Waals surface area (Å²) >= 11 is 7.00. The zero-order chi connectivity index (χ0) is 14.0. The Hall–Kier alpha value is -1.14. The van der Waals surface area contributed by atoms with Gasteiger partial charge in [0, 0.05) is 24.5 Å². The number of hydrogen-bond acceptors (Lipinski definition) is 4. The molecule has 0 radical (unpaired) electrons. The van der Waals surface area contributed by atoms with E-state index in [0.717, 1.165) is 24.2 Å². The summed E-state index contributed by atoms with van der Waals surface area (Å²) in [6.07, 6.45) is 1.79. The van der Waals surface area contributed by atoms with Crippen LogP contribution in [0.1, 0.15) is 29.4 Å². The predicted molar refractivity (Wildman–Crippen MR) is 74.9 cm³/mol. The van der Waals surface area contributed by atoms with Gasteiger partial charge in [0.15, 0.2) is 0 Å². The number of rotatable bonds is 3. The van der Waals surface area contributed by atoms with Gasteiger partial charge in [-0.1, -0.05) is 11.3 Å². The third kappa shape index (κ3) is 3.25. The minimum Gasteiger partial charge on any atom is -0.338 e. The molecule has 5 nitrogen and oxygen atoms in total. The van der Waals surface area contributed by atoms with E-state index in [2.05, 4.69) is 0 Å². The van der Waals surface area contributed by atoms with E-state index in [4.69, 9.17) is 11.6 Å². The molecule has 7 heteroatoms. The number of amides is 1. The van der Waals surface area contributed by atoms with Crippen LogP contribution < -0.4 is 0 Å². The molecule has 1 aromatic rings. The smallest absolute Gasteiger partial charge is 0.324 e. The van der Waals surface area contributed by atoms with Gasteiger partial charge in [-0.15, -0.1) is 11.6 Å². The fourth-order valence-corrected chi connectivity index (χ4v) is 3.30. The van der Waals surface area contributed by atoms with E-state index in [0.29, 0.717) is 23.9 Å². The van der Waals surface area contributed by atoms with Gasteiger partial charge in [-0.05, 0) is 31.7 Å². The van der Waals surface area contributed by atoms with Crippen molar-refractivity contribution in [1.29, 1.82) is 0 Å². The summed E-state index contributed by atoms with van der Waals surface area (Å²) in [6.45, 7) is 3.32. The van der Waals surface area contributed by atoms with Crippen LogP contribution in [0, 0.1) is 16.0 Å². The number of alkyl halides is 1. The lowest BCUT2D eigenvalue weighted by Gasteiger charge is -2.32. The van der Waals surface area contributed by atoms with Crippen LogP contribution in [0.5, 0.6) is 0 Å². The van der Waals surface area contributed by atoms with Crippen LogP contribution >= 0.6 is 22.9 Å². The van der Waals surface area contributed by atoms with E-state index in [1.165, 1.54) is 12.1 Å². The van der Waals surface area contributed by atoms with Crippen LogP contribution in [-0.4, -0.2) is 34.2 Å². The summed E-state index contributed by atoms with van der Waals surface area (Å²) in [4.78, 5) is 24.5. The fraction of sp³-hybridized carbons (Fsp3) is 0.583. The van der Waals surface area contributed by atoms with Crippen molar-refractivity contribution in [2.24, 2.45) is 5.92 Å². The van der Waals surface area contributed by atoms with Gasteiger partial charge in [-0.25, -0.2) is 0 Å². The van der Waals surface area contributed by atoms with E-state index < -0.39 is 4.92 Å². The van der Waals surface area contributed by atoms with Gasteiger partial charge in [0.05, 0.1) is 9.80 Å².